The van der Waals surface area contributed by atoms with E-state index >= 15 is 0 Å². The van der Waals surface area contributed by atoms with Gasteiger partial charge in [0.15, 0.2) is 0 Å². The molecule has 0 aliphatic carbocycles. The van der Waals surface area contributed by atoms with E-state index in [-0.39, 0.29) is 20.1 Å². The van der Waals surface area contributed by atoms with Gasteiger partial charge in [0, 0.05) is 50.8 Å². The minimum absolute atomic E-state index is 0. The smallest absolute Gasteiger partial charge is 0.0852 e. The molecule has 0 atom stereocenters. The van der Waals surface area contributed by atoms with Crippen molar-refractivity contribution in [2.45, 2.75) is 33.5 Å². The molecule has 4 rings (SSSR count). The van der Waals surface area contributed by atoms with E-state index in [1.165, 1.54) is 22.0 Å². The molecule has 0 aliphatic rings. The second-order valence-electron chi connectivity index (χ2n) is 8.27. The molecule has 0 unspecified atom stereocenters. The summed E-state index contributed by atoms with van der Waals surface area (Å²) < 4.78 is 4.23. The molecule has 0 N–H and O–H groups in total. The number of rotatable bonds is 3. The van der Waals surface area contributed by atoms with Crippen LogP contribution in [0.25, 0.3) is 28.1 Å². The molecule has 4 nitrogen and oxygen atoms in total. The topological polar surface area (TPSA) is 35.6 Å². The zero-order valence-electron chi connectivity index (χ0n) is 17.2. The van der Waals surface area contributed by atoms with Crippen LogP contribution in [0.4, 0.5) is 0 Å². The van der Waals surface area contributed by atoms with E-state index in [0.717, 1.165) is 22.4 Å². The Morgan fingerprint density at radius 1 is 1.04 bits per heavy atom. The summed E-state index contributed by atoms with van der Waals surface area (Å²) >= 11 is 0. The third kappa shape index (κ3) is 3.41. The maximum Gasteiger partial charge on any atom is 0.0852 e. The number of hydrogen-bond donors (Lipinski definition) is 0. The third-order valence-corrected chi connectivity index (χ3v) is 7.15. The van der Waals surface area contributed by atoms with Gasteiger partial charge >= 0.3 is 0 Å². The maximum atomic E-state index is 4.69. The van der Waals surface area contributed by atoms with Crippen LogP contribution in [0.3, 0.4) is 0 Å². The van der Waals surface area contributed by atoms with Crippen molar-refractivity contribution in [3.8, 4) is 17.1 Å². The fourth-order valence-corrected chi connectivity index (χ4v) is 5.05. The van der Waals surface area contributed by atoms with Gasteiger partial charge in [-0.1, -0.05) is 42.5 Å². The summed E-state index contributed by atoms with van der Waals surface area (Å²) in [6.07, 6.45) is 5.75. The molecule has 4 aromatic rings. The SMILES string of the molecule is Cc1cc([Si](C)(C)C)cc(C)c1-n1ccnc1-c1[c-]ccc2ncn(C)c12.[Ir]. The Bertz CT molecular complexity index is 1130. The van der Waals surface area contributed by atoms with Crippen LogP contribution in [0.5, 0.6) is 0 Å². The maximum absolute atomic E-state index is 4.69. The minimum atomic E-state index is -1.36. The van der Waals surface area contributed by atoms with E-state index in [0.29, 0.717) is 0 Å². The first-order chi connectivity index (χ1) is 12.8. The van der Waals surface area contributed by atoms with Crippen LogP contribution in [-0.4, -0.2) is 27.2 Å². The number of hydrogen-bond acceptors (Lipinski definition) is 2. The molecule has 0 spiro atoms. The molecule has 0 saturated carbocycles. The Hall–Kier alpha value is -2.01. The summed E-state index contributed by atoms with van der Waals surface area (Å²) in [4.78, 5) is 9.16. The van der Waals surface area contributed by atoms with Crippen molar-refractivity contribution in [2.75, 3.05) is 0 Å². The van der Waals surface area contributed by atoms with Crippen molar-refractivity contribution in [2.24, 2.45) is 7.05 Å². The predicted molar refractivity (Wildman–Crippen MR) is 115 cm³/mol. The average Bonchev–Trinajstić information content (AvgIpc) is 3.21. The Morgan fingerprint density at radius 2 is 1.71 bits per heavy atom. The Morgan fingerprint density at radius 3 is 2.36 bits per heavy atom. The van der Waals surface area contributed by atoms with Gasteiger partial charge in [-0.2, -0.15) is 0 Å². The van der Waals surface area contributed by atoms with Gasteiger partial charge in [-0.25, -0.2) is 0 Å². The second kappa shape index (κ2) is 7.43. The van der Waals surface area contributed by atoms with E-state index in [4.69, 9.17) is 0 Å². The van der Waals surface area contributed by atoms with Crippen molar-refractivity contribution < 1.29 is 20.1 Å². The fourth-order valence-electron chi connectivity index (χ4n) is 3.76. The summed E-state index contributed by atoms with van der Waals surface area (Å²) in [5, 5.41) is 1.49. The Balaban J connectivity index is 0.00000225. The van der Waals surface area contributed by atoms with E-state index in [2.05, 4.69) is 66.2 Å². The van der Waals surface area contributed by atoms with E-state index in [1.807, 2.05) is 42.5 Å². The first kappa shape index (κ1) is 20.7. The second-order valence-corrected chi connectivity index (χ2v) is 13.3. The molecule has 147 valence electrons. The number of nitrogens with zero attached hydrogens (tertiary/aromatic N) is 4. The van der Waals surface area contributed by atoms with Crippen LogP contribution in [0.15, 0.2) is 43.0 Å². The first-order valence-electron chi connectivity index (χ1n) is 9.25. The molecule has 2 heterocycles. The summed E-state index contributed by atoms with van der Waals surface area (Å²) in [6, 6.07) is 12.0. The average molecular weight is 566 g/mol. The van der Waals surface area contributed by atoms with Gasteiger partial charge in [0.1, 0.15) is 0 Å². The number of aryl methyl sites for hydroxylation is 3. The Kier molecular flexibility index (Phi) is 5.50. The van der Waals surface area contributed by atoms with Crippen LogP contribution >= 0.6 is 0 Å². The van der Waals surface area contributed by atoms with Crippen LogP contribution in [0.1, 0.15) is 11.1 Å². The number of benzene rings is 2. The molecule has 0 fully saturated rings. The summed E-state index contributed by atoms with van der Waals surface area (Å²) in [6.45, 7) is 11.6. The standard InChI is InChI=1S/C22H25N4Si.Ir/c1-15-12-17(27(4,5)6)13-16(2)20(15)26-11-10-23-22(26)18-8-7-9-19-21(18)25(3)14-24-19;/h7,9-14H,1-6H3;/q-1;. The first-order valence-corrected chi connectivity index (χ1v) is 12.7. The number of fused-ring (bicyclic) bond motifs is 1. The summed E-state index contributed by atoms with van der Waals surface area (Å²) in [5.41, 5.74) is 6.76. The van der Waals surface area contributed by atoms with Crippen LogP contribution < -0.4 is 5.19 Å². The van der Waals surface area contributed by atoms with Crippen molar-refractivity contribution in [1.82, 2.24) is 19.1 Å². The van der Waals surface area contributed by atoms with Crippen molar-refractivity contribution >= 4 is 24.3 Å². The monoisotopic (exact) mass is 566 g/mol. The van der Waals surface area contributed by atoms with Gasteiger partial charge < -0.3 is 9.13 Å². The zero-order valence-corrected chi connectivity index (χ0v) is 20.6. The van der Waals surface area contributed by atoms with Gasteiger partial charge in [0.25, 0.3) is 0 Å². The van der Waals surface area contributed by atoms with Gasteiger partial charge in [-0.05, 0) is 30.5 Å². The molecule has 0 aliphatic heterocycles. The molecule has 0 saturated heterocycles. The van der Waals surface area contributed by atoms with Gasteiger partial charge in [-0.3, -0.25) is 9.97 Å². The minimum Gasteiger partial charge on any atom is -0.374 e. The molecule has 0 bridgehead atoms. The Labute approximate surface area is 181 Å². The van der Waals surface area contributed by atoms with Gasteiger partial charge in [0.2, 0.25) is 0 Å². The van der Waals surface area contributed by atoms with Crippen LogP contribution in [-0.2, 0) is 27.2 Å². The third-order valence-electron chi connectivity index (χ3n) is 5.13. The van der Waals surface area contributed by atoms with E-state index < -0.39 is 8.07 Å². The molecule has 0 amide bonds. The summed E-state index contributed by atoms with van der Waals surface area (Å²) in [5.74, 6) is 0.899. The fraction of sp³-hybridized carbons (Fsp3) is 0.273. The van der Waals surface area contributed by atoms with Gasteiger partial charge in [-0.15, -0.1) is 18.2 Å². The van der Waals surface area contributed by atoms with Crippen LogP contribution in [0.2, 0.25) is 19.6 Å². The normalized spacial score (nSPS) is 11.6. The van der Waals surface area contributed by atoms with Gasteiger partial charge in [0.05, 0.1) is 20.2 Å². The largest absolute Gasteiger partial charge is 0.374 e. The van der Waals surface area contributed by atoms with Crippen molar-refractivity contribution in [3.05, 3.63) is 60.2 Å². The summed E-state index contributed by atoms with van der Waals surface area (Å²) in [7, 11) is 0.654. The van der Waals surface area contributed by atoms with Crippen molar-refractivity contribution in [3.63, 3.8) is 0 Å². The quantitative estimate of drug-likeness (QED) is 0.273. The van der Waals surface area contributed by atoms with Crippen molar-refractivity contribution in [1.29, 1.82) is 0 Å². The predicted octanol–water partition coefficient (Wildman–Crippen LogP) is 4.39. The molecule has 2 aromatic heterocycles. The molecule has 6 heteroatoms. The van der Waals surface area contributed by atoms with E-state index in [1.54, 1.807) is 0 Å². The van der Waals surface area contributed by atoms with E-state index in [9.17, 15) is 0 Å². The zero-order chi connectivity index (χ0) is 19.3. The number of aromatic nitrogens is 4. The molecular formula is C22H25IrN4Si-. The molecule has 28 heavy (non-hydrogen) atoms. The van der Waals surface area contributed by atoms with Crippen LogP contribution in [0, 0.1) is 19.9 Å². The molecule has 1 radical (unpaired) electrons. The molecule has 2 aromatic carbocycles. The molecular weight excluding hydrogens is 541 g/mol. The number of imidazole rings is 2.